The molecule has 4 N–H and O–H groups in total. The molecule has 1 amide bonds. The van der Waals surface area contributed by atoms with Gasteiger partial charge in [0.05, 0.1) is 6.61 Å². The molecule has 1 fully saturated rings. The van der Waals surface area contributed by atoms with E-state index in [1.165, 1.54) is 24.9 Å². The first kappa shape index (κ1) is 37.6. The molecule has 1 aliphatic rings. The van der Waals surface area contributed by atoms with Gasteiger partial charge in [0.2, 0.25) is 0 Å². The molecule has 39 heavy (non-hydrogen) atoms. The number of hydrogen-bond donors (Lipinski definition) is 4. The first-order valence-corrected chi connectivity index (χ1v) is 13.2. The molecule has 0 radical (unpaired) electrons. The van der Waals surface area contributed by atoms with Gasteiger partial charge in [0.1, 0.15) is 11.6 Å². The molecule has 2 aromatic carbocycles. The molecule has 208 valence electrons. The van der Waals surface area contributed by atoms with Crippen LogP contribution < -0.4 is 68.4 Å². The Kier molecular flexibility index (Phi) is 20.6. The van der Waals surface area contributed by atoms with E-state index < -0.39 is 12.0 Å². The molecule has 1 unspecified atom stereocenters. The summed E-state index contributed by atoms with van der Waals surface area (Å²) in [5, 5.41) is 39.4. The van der Waals surface area contributed by atoms with Crippen LogP contribution in [0.5, 0.6) is 0 Å². The Labute approximate surface area is 283 Å². The number of fused-ring (bicyclic) bond motifs is 1. The molecule has 0 saturated carbocycles. The van der Waals surface area contributed by atoms with Crippen LogP contribution in [0, 0.1) is 24.2 Å². The van der Waals surface area contributed by atoms with Gasteiger partial charge in [-0.2, -0.15) is 5.26 Å². The van der Waals surface area contributed by atoms with E-state index in [0.717, 1.165) is 35.8 Å². The van der Waals surface area contributed by atoms with Crippen LogP contribution in [0.25, 0.3) is 16.8 Å². The van der Waals surface area contributed by atoms with Crippen LogP contribution >= 0.6 is 0 Å². The fraction of sp³-hybridized carbons (Fsp3) is 0.452. The number of aliphatic hydroxyl groups excluding tert-OH is 3. The van der Waals surface area contributed by atoms with E-state index in [1.54, 1.807) is 13.0 Å². The molecule has 0 aromatic heterocycles. The number of nitrogens with one attached hydrogen (secondary N) is 1. The van der Waals surface area contributed by atoms with Crippen molar-refractivity contribution in [3.8, 4) is 6.07 Å². The van der Waals surface area contributed by atoms with Crippen LogP contribution in [0.2, 0.25) is 0 Å². The molecule has 0 aliphatic carbocycles. The molecule has 2 aromatic rings. The first-order chi connectivity index (χ1) is 18.1. The number of aliphatic hydroxyl groups is 3. The molecular weight excluding hydrogens is 564 g/mol. The van der Waals surface area contributed by atoms with Gasteiger partial charge in [0.15, 0.2) is 0 Å². The second-order valence-electron chi connectivity index (χ2n) is 9.76. The number of hydrogen-bond acceptors (Lipinski definition) is 6. The molecule has 1 heterocycles. The number of carbonyl (C=O) groups is 1. The minimum absolute atomic E-state index is 0. The molecule has 0 bridgehead atoms. The second-order valence-corrected chi connectivity index (χ2v) is 9.76. The molecule has 1 saturated heterocycles. The smallest absolute Gasteiger partial charge is 0.421 e. The third kappa shape index (κ3) is 15.3. The predicted octanol–water partition coefficient (Wildman–Crippen LogP) is 1.63. The van der Waals surface area contributed by atoms with Gasteiger partial charge in [-0.1, -0.05) is 37.6 Å². The summed E-state index contributed by atoms with van der Waals surface area (Å²) < 4.78 is 0. The van der Waals surface area contributed by atoms with Gasteiger partial charge in [-0.15, -0.1) is 6.58 Å². The second kappa shape index (κ2) is 21.4. The topological polar surface area (TPSA) is 117 Å². The van der Waals surface area contributed by atoms with Gasteiger partial charge in [-0.25, -0.2) is 0 Å². The quantitative estimate of drug-likeness (QED) is 0.157. The van der Waals surface area contributed by atoms with Crippen molar-refractivity contribution >= 4 is 28.4 Å². The first-order valence-electron chi connectivity index (χ1n) is 13.2. The number of nitriles is 1. The van der Waals surface area contributed by atoms with Crippen molar-refractivity contribution < 1.29 is 78.3 Å². The Hall–Kier alpha value is -1.37. The maximum absolute atomic E-state index is 11.9. The molecule has 8 heteroatoms. The van der Waals surface area contributed by atoms with Crippen LogP contribution in [-0.4, -0.2) is 60.2 Å². The van der Waals surface area contributed by atoms with Crippen LogP contribution in [0.3, 0.4) is 0 Å². The average molecular weight is 608 g/mol. The minimum Gasteiger partial charge on any atom is -0.421 e. The Morgan fingerprint density at radius 2 is 1.72 bits per heavy atom. The summed E-state index contributed by atoms with van der Waals surface area (Å²) >= 11 is 0. The van der Waals surface area contributed by atoms with E-state index in [0.29, 0.717) is 18.1 Å². The summed E-state index contributed by atoms with van der Waals surface area (Å²) in [5.74, 6) is 0.178. The maximum atomic E-state index is 11.9. The van der Waals surface area contributed by atoms with E-state index in [2.05, 4.69) is 55.8 Å². The fourth-order valence-corrected chi connectivity index (χ4v) is 3.53. The SMILES string of the molecule is C=C(C)C([CH2-])O.CC(C)CCO.N#C/C(=C\c1ccc2cc(N3CCCCC3)ccc2c1)C(=O)NCCO.[Rb+]. The van der Waals surface area contributed by atoms with Crippen molar-refractivity contribution in [2.24, 2.45) is 5.92 Å². The van der Waals surface area contributed by atoms with Crippen LogP contribution in [0.1, 0.15) is 52.0 Å². The zero-order valence-corrected chi connectivity index (χ0v) is 29.0. The Morgan fingerprint density at radius 1 is 1.13 bits per heavy atom. The predicted molar refractivity (Wildman–Crippen MR) is 156 cm³/mol. The van der Waals surface area contributed by atoms with Gasteiger partial charge in [-0.05, 0) is 85.2 Å². The molecule has 3 rings (SSSR count). The van der Waals surface area contributed by atoms with Crippen molar-refractivity contribution in [3.05, 3.63) is 66.6 Å². The summed E-state index contributed by atoms with van der Waals surface area (Å²) in [5.41, 5.74) is 2.79. The van der Waals surface area contributed by atoms with E-state index >= 15 is 0 Å². The van der Waals surface area contributed by atoms with Crippen molar-refractivity contribution in [3.63, 3.8) is 0 Å². The zero-order chi connectivity index (χ0) is 28.5. The third-order valence-corrected chi connectivity index (χ3v) is 5.92. The molecule has 7 nitrogen and oxygen atoms in total. The van der Waals surface area contributed by atoms with Gasteiger partial charge < -0.3 is 32.5 Å². The molecule has 0 spiro atoms. The summed E-state index contributed by atoms with van der Waals surface area (Å²) in [7, 11) is 0. The summed E-state index contributed by atoms with van der Waals surface area (Å²) in [6.07, 6.45) is 5.72. The third-order valence-electron chi connectivity index (χ3n) is 5.92. The number of benzene rings is 2. The van der Waals surface area contributed by atoms with Gasteiger partial charge in [0, 0.05) is 31.9 Å². The monoisotopic (exact) mass is 607 g/mol. The van der Waals surface area contributed by atoms with Crippen LogP contribution in [-0.2, 0) is 4.79 Å². The number of carbonyl (C=O) groups excluding carboxylic acids is 1. The van der Waals surface area contributed by atoms with E-state index in [-0.39, 0.29) is 76.9 Å². The van der Waals surface area contributed by atoms with Crippen molar-refractivity contribution in [1.82, 2.24) is 5.32 Å². The Bertz CT molecular complexity index is 1090. The van der Waals surface area contributed by atoms with Crippen LogP contribution in [0.4, 0.5) is 5.69 Å². The number of nitrogens with zero attached hydrogens (tertiary/aromatic N) is 2. The van der Waals surface area contributed by atoms with E-state index in [9.17, 15) is 10.1 Å². The minimum atomic E-state index is -0.593. The van der Waals surface area contributed by atoms with Gasteiger partial charge in [-0.3, -0.25) is 4.79 Å². The zero-order valence-electron chi connectivity index (χ0n) is 24.1. The van der Waals surface area contributed by atoms with Gasteiger partial charge >= 0.3 is 58.2 Å². The number of rotatable bonds is 8. The number of anilines is 1. The number of amides is 1. The summed E-state index contributed by atoms with van der Waals surface area (Å²) in [6.45, 7) is 15.2. The van der Waals surface area contributed by atoms with E-state index in [1.807, 2.05) is 24.3 Å². The summed E-state index contributed by atoms with van der Waals surface area (Å²) in [6, 6.07) is 14.3. The van der Waals surface area contributed by atoms with E-state index in [4.69, 9.17) is 15.3 Å². The Morgan fingerprint density at radius 3 is 2.21 bits per heavy atom. The van der Waals surface area contributed by atoms with Crippen molar-refractivity contribution in [2.45, 2.75) is 52.6 Å². The van der Waals surface area contributed by atoms with Gasteiger partial charge in [0.25, 0.3) is 5.91 Å². The standard InChI is InChI=1S/C21H23N3O2.C5H12O.C5H9O.Rb/c22-15-19(21(26)23-8-11-25)13-16-4-5-18-14-20(7-6-17(18)12-16)24-9-2-1-3-10-24;1-5(2)3-4-6;1-4(2)5(3)6;/h4-7,12-14,25H,1-3,8-11H2,(H,23,26);5-6H,3-4H2,1-2H3;5-6H,1,3H2,2H3;/q;;-1;+1/b19-13+;;;. The number of piperidine rings is 1. The normalized spacial score (nSPS) is 13.6. The average Bonchev–Trinajstić information content (AvgIpc) is 2.91. The molecular formula is C31H44N3O4Rb. The Balaban J connectivity index is 0.000000934. The molecule has 1 aliphatic heterocycles. The largest absolute Gasteiger partial charge is 1.00 e. The maximum Gasteiger partial charge on any atom is 1.00 e. The molecule has 1 atom stereocenters. The van der Waals surface area contributed by atoms with Crippen LogP contribution in [0.15, 0.2) is 54.1 Å². The van der Waals surface area contributed by atoms with Crippen molar-refractivity contribution in [2.75, 3.05) is 37.7 Å². The fourth-order valence-electron chi connectivity index (χ4n) is 3.53. The van der Waals surface area contributed by atoms with Crippen molar-refractivity contribution in [1.29, 1.82) is 5.26 Å². The summed E-state index contributed by atoms with van der Waals surface area (Å²) in [4.78, 5) is 14.3.